The van der Waals surface area contributed by atoms with E-state index in [4.69, 9.17) is 9.47 Å². The molecule has 0 unspecified atom stereocenters. The minimum atomic E-state index is -0.158. The fourth-order valence-corrected chi connectivity index (χ4v) is 5.56. The van der Waals surface area contributed by atoms with Crippen LogP contribution < -0.4 is 15.4 Å². The van der Waals surface area contributed by atoms with Crippen molar-refractivity contribution in [1.82, 2.24) is 29.9 Å². The molecule has 0 spiro atoms. The van der Waals surface area contributed by atoms with Crippen LogP contribution in [0.4, 0.5) is 11.5 Å². The highest BCUT2D eigenvalue weighted by atomic mass is 16.5. The smallest absolute Gasteiger partial charge is 0.255 e. The van der Waals surface area contributed by atoms with Crippen molar-refractivity contribution in [3.05, 3.63) is 83.9 Å². The number of nitrogens with zero attached hydrogens (tertiary/aromatic N) is 5. The summed E-state index contributed by atoms with van der Waals surface area (Å²) in [7, 11) is 0. The van der Waals surface area contributed by atoms with Gasteiger partial charge in [-0.1, -0.05) is 12.1 Å². The molecule has 0 atom stereocenters. The topological polar surface area (TPSA) is 122 Å². The fraction of sp³-hybridized carbons (Fsp3) is 0.290. The zero-order valence-corrected chi connectivity index (χ0v) is 23.2. The Balaban J connectivity index is 0.995. The average Bonchev–Trinajstić information content (AvgIpc) is 3.81. The highest BCUT2D eigenvalue weighted by Crippen LogP contribution is 2.39. The maximum Gasteiger partial charge on any atom is 0.255 e. The second kappa shape index (κ2) is 11.6. The van der Waals surface area contributed by atoms with Crippen LogP contribution in [0.1, 0.15) is 21.5 Å². The summed E-state index contributed by atoms with van der Waals surface area (Å²) in [4.78, 5) is 20.2. The van der Waals surface area contributed by atoms with Gasteiger partial charge in [0.1, 0.15) is 11.6 Å². The summed E-state index contributed by atoms with van der Waals surface area (Å²) in [6.45, 7) is 6.39. The third-order valence-corrected chi connectivity index (χ3v) is 7.82. The van der Waals surface area contributed by atoms with E-state index in [0.29, 0.717) is 18.7 Å². The van der Waals surface area contributed by atoms with Crippen LogP contribution in [-0.4, -0.2) is 75.2 Å². The van der Waals surface area contributed by atoms with Crippen LogP contribution in [0.3, 0.4) is 0 Å². The Bertz CT molecular complexity index is 1710. The number of amides is 1. The molecule has 3 aromatic heterocycles. The summed E-state index contributed by atoms with van der Waals surface area (Å²) in [6, 6.07) is 13.6. The molecule has 7 rings (SSSR count). The number of benzene rings is 2. The van der Waals surface area contributed by atoms with Crippen molar-refractivity contribution in [2.75, 3.05) is 50.1 Å². The molecule has 214 valence electrons. The molecule has 1 fully saturated rings. The van der Waals surface area contributed by atoms with Crippen molar-refractivity contribution in [2.45, 2.75) is 19.5 Å². The first-order valence-electron chi connectivity index (χ1n) is 14.2. The molecule has 11 nitrogen and oxygen atoms in total. The van der Waals surface area contributed by atoms with Gasteiger partial charge in [-0.2, -0.15) is 10.2 Å². The van der Waals surface area contributed by atoms with Gasteiger partial charge in [-0.15, -0.1) is 0 Å². The second-order valence-electron chi connectivity index (χ2n) is 10.5. The lowest BCUT2D eigenvalue weighted by Crippen LogP contribution is -2.38. The molecule has 42 heavy (non-hydrogen) atoms. The molecule has 2 aromatic carbocycles. The lowest BCUT2D eigenvalue weighted by molar-refractivity contribution is 0.0361. The standard InChI is InChI=1S/C31H32N8O3/c40-31(22-4-5-28-23(15-22)19-36-39(28)8-7-38-9-12-41-13-10-38)37-25-3-1-2-21(14-25)16-32-30-26-6-11-42-29(26)27(20-33-30)24-17-34-35-18-24/h1-5,14-15,17-20H,6-13,16H2,(H,32,33)(H,34,35)(H,37,40). The number of aromatic amines is 1. The van der Waals surface area contributed by atoms with Crippen LogP contribution >= 0.6 is 0 Å². The highest BCUT2D eigenvalue weighted by molar-refractivity contribution is 6.06. The number of aromatic nitrogens is 5. The highest BCUT2D eigenvalue weighted by Gasteiger charge is 2.23. The third kappa shape index (κ3) is 5.44. The van der Waals surface area contributed by atoms with E-state index in [1.807, 2.05) is 65.7 Å². The Morgan fingerprint density at radius 3 is 2.83 bits per heavy atom. The molecule has 2 aliphatic rings. The van der Waals surface area contributed by atoms with Gasteiger partial charge in [0.05, 0.1) is 44.3 Å². The number of carbonyl (C=O) groups is 1. The van der Waals surface area contributed by atoms with Crippen molar-refractivity contribution >= 4 is 28.3 Å². The number of morpholine rings is 1. The first kappa shape index (κ1) is 26.2. The Kier molecular flexibility index (Phi) is 7.25. The number of carbonyl (C=O) groups excluding carboxylic acids is 1. The molecule has 0 aliphatic carbocycles. The lowest BCUT2D eigenvalue weighted by atomic mass is 10.1. The van der Waals surface area contributed by atoms with E-state index in [9.17, 15) is 4.79 Å². The normalized spacial score (nSPS) is 15.0. The molecule has 0 bridgehead atoms. The zero-order chi connectivity index (χ0) is 28.3. The largest absolute Gasteiger partial charge is 0.492 e. The number of hydrogen-bond donors (Lipinski definition) is 3. The molecule has 5 heterocycles. The first-order chi connectivity index (χ1) is 20.7. The Hall–Kier alpha value is -4.74. The maximum atomic E-state index is 13.1. The Labute approximate surface area is 242 Å². The van der Waals surface area contributed by atoms with Crippen molar-refractivity contribution < 1.29 is 14.3 Å². The number of hydrogen-bond acceptors (Lipinski definition) is 8. The maximum absolute atomic E-state index is 13.1. The number of fused-ring (bicyclic) bond motifs is 2. The molecule has 11 heteroatoms. The quantitative estimate of drug-likeness (QED) is 0.246. The number of nitrogens with one attached hydrogen (secondary N) is 3. The summed E-state index contributed by atoms with van der Waals surface area (Å²) in [6.07, 6.45) is 8.05. The van der Waals surface area contributed by atoms with Gasteiger partial charge in [-0.25, -0.2) is 4.98 Å². The number of rotatable bonds is 9. The molecule has 1 amide bonds. The second-order valence-corrected chi connectivity index (χ2v) is 10.5. The minimum absolute atomic E-state index is 0.158. The summed E-state index contributed by atoms with van der Waals surface area (Å²) in [5.74, 6) is 1.51. The van der Waals surface area contributed by atoms with Gasteiger partial charge in [0, 0.05) is 78.3 Å². The number of H-pyrrole nitrogens is 1. The van der Waals surface area contributed by atoms with Gasteiger partial charge in [-0.05, 0) is 35.9 Å². The summed E-state index contributed by atoms with van der Waals surface area (Å²) < 4.78 is 13.4. The number of ether oxygens (including phenoxy) is 2. The van der Waals surface area contributed by atoms with E-state index in [2.05, 4.69) is 35.8 Å². The van der Waals surface area contributed by atoms with Crippen LogP contribution in [0.5, 0.6) is 5.75 Å². The average molecular weight is 565 g/mol. The van der Waals surface area contributed by atoms with E-state index >= 15 is 0 Å². The van der Waals surface area contributed by atoms with Gasteiger partial charge in [-0.3, -0.25) is 19.5 Å². The Morgan fingerprint density at radius 2 is 1.95 bits per heavy atom. The minimum Gasteiger partial charge on any atom is -0.492 e. The molecule has 3 N–H and O–H groups in total. The van der Waals surface area contributed by atoms with Crippen molar-refractivity contribution in [3.8, 4) is 16.9 Å². The van der Waals surface area contributed by atoms with E-state index in [1.54, 1.807) is 6.20 Å². The van der Waals surface area contributed by atoms with Crippen molar-refractivity contribution in [3.63, 3.8) is 0 Å². The molecule has 5 aromatic rings. The number of pyridine rings is 1. The van der Waals surface area contributed by atoms with Gasteiger partial charge < -0.3 is 20.1 Å². The molecule has 0 saturated carbocycles. The predicted molar refractivity (Wildman–Crippen MR) is 160 cm³/mol. The summed E-state index contributed by atoms with van der Waals surface area (Å²) >= 11 is 0. The van der Waals surface area contributed by atoms with E-state index in [0.717, 1.165) is 96.2 Å². The lowest BCUT2D eigenvalue weighted by Gasteiger charge is -2.26. The van der Waals surface area contributed by atoms with Crippen LogP contribution in [0.25, 0.3) is 22.0 Å². The van der Waals surface area contributed by atoms with Gasteiger partial charge in [0.2, 0.25) is 0 Å². The molecule has 1 saturated heterocycles. The van der Waals surface area contributed by atoms with E-state index in [-0.39, 0.29) is 5.91 Å². The fourth-order valence-electron chi connectivity index (χ4n) is 5.56. The third-order valence-electron chi connectivity index (χ3n) is 7.82. The summed E-state index contributed by atoms with van der Waals surface area (Å²) in [5.41, 5.74) is 6.33. The van der Waals surface area contributed by atoms with E-state index in [1.165, 1.54) is 0 Å². The van der Waals surface area contributed by atoms with Crippen LogP contribution in [0.15, 0.2) is 67.3 Å². The van der Waals surface area contributed by atoms with Crippen molar-refractivity contribution in [2.24, 2.45) is 0 Å². The van der Waals surface area contributed by atoms with Gasteiger partial charge >= 0.3 is 0 Å². The van der Waals surface area contributed by atoms with Gasteiger partial charge in [0.15, 0.2) is 0 Å². The van der Waals surface area contributed by atoms with Crippen molar-refractivity contribution in [1.29, 1.82) is 0 Å². The molecular weight excluding hydrogens is 532 g/mol. The van der Waals surface area contributed by atoms with E-state index < -0.39 is 0 Å². The molecular formula is C31H32N8O3. The molecule has 2 aliphatic heterocycles. The monoisotopic (exact) mass is 564 g/mol. The van der Waals surface area contributed by atoms with Crippen LogP contribution in [0, 0.1) is 0 Å². The Morgan fingerprint density at radius 1 is 1.02 bits per heavy atom. The van der Waals surface area contributed by atoms with Gasteiger partial charge in [0.25, 0.3) is 5.91 Å². The van der Waals surface area contributed by atoms with Crippen LogP contribution in [0.2, 0.25) is 0 Å². The molecule has 0 radical (unpaired) electrons. The SMILES string of the molecule is O=C(Nc1cccc(CNc2ncc(-c3cn[nH]c3)c3c2CCO3)c1)c1ccc2c(cnn2CCN2CCOCC2)c1. The first-order valence-corrected chi connectivity index (χ1v) is 14.2. The predicted octanol–water partition coefficient (Wildman–Crippen LogP) is 3.95. The van der Waals surface area contributed by atoms with Crippen LogP contribution in [-0.2, 0) is 24.2 Å². The number of anilines is 2. The summed E-state index contributed by atoms with van der Waals surface area (Å²) in [5, 5.41) is 18.9. The zero-order valence-electron chi connectivity index (χ0n) is 23.2.